The summed E-state index contributed by atoms with van der Waals surface area (Å²) in [7, 11) is 0. The fraction of sp³-hybridized carbons (Fsp3) is 0.300. The second-order valence-electron chi connectivity index (χ2n) is 9.75. The molecule has 0 aliphatic carbocycles. The molecule has 2 fully saturated rings. The molecule has 2 saturated heterocycles. The Labute approximate surface area is 217 Å². The van der Waals surface area contributed by atoms with E-state index in [9.17, 15) is 14.4 Å². The number of urea groups is 1. The number of hydrogen-bond acceptors (Lipinski definition) is 4. The van der Waals surface area contributed by atoms with E-state index in [0.29, 0.717) is 17.7 Å². The van der Waals surface area contributed by atoms with Crippen molar-refractivity contribution in [2.75, 3.05) is 29.9 Å². The molecule has 0 radical (unpaired) electrons. The summed E-state index contributed by atoms with van der Waals surface area (Å²) in [5.41, 5.74) is 2.10. The summed E-state index contributed by atoms with van der Waals surface area (Å²) in [4.78, 5) is 43.0. The van der Waals surface area contributed by atoms with Gasteiger partial charge in [0.25, 0.3) is 5.91 Å². The van der Waals surface area contributed by atoms with Gasteiger partial charge in [-0.15, -0.1) is 0 Å². The highest BCUT2D eigenvalue weighted by molar-refractivity contribution is 6.10. The molecule has 2 heterocycles. The Morgan fingerprint density at radius 3 is 2.08 bits per heavy atom. The van der Waals surface area contributed by atoms with Crippen LogP contribution in [0.5, 0.6) is 0 Å². The van der Waals surface area contributed by atoms with Crippen LogP contribution < -0.4 is 15.5 Å². The standard InChI is InChI=1S/C30H32N4O3/c35-27(31-25-15-17-26(18-16-25)33-19-9-1-2-10-20-33)22-34-28(36)30(32-29(34)37,24-13-7-4-8-14-24)21-23-11-5-3-6-12-23/h3-8,11-18H,1-2,9-10,19-22H2,(H,31,35)(H,32,37). The fourth-order valence-corrected chi connectivity index (χ4v) is 5.24. The molecule has 3 aromatic carbocycles. The SMILES string of the molecule is O=C(CN1C(=O)NC(Cc2ccccc2)(c2ccccc2)C1=O)Nc1ccc(N2CCCCCC2)cc1. The molecule has 7 heteroatoms. The predicted octanol–water partition coefficient (Wildman–Crippen LogP) is 4.70. The number of rotatable bonds is 7. The zero-order valence-electron chi connectivity index (χ0n) is 20.9. The summed E-state index contributed by atoms with van der Waals surface area (Å²) >= 11 is 0. The number of imide groups is 1. The van der Waals surface area contributed by atoms with Crippen molar-refractivity contribution in [2.24, 2.45) is 0 Å². The minimum atomic E-state index is -1.27. The quantitative estimate of drug-likeness (QED) is 0.465. The van der Waals surface area contributed by atoms with Gasteiger partial charge < -0.3 is 15.5 Å². The third-order valence-electron chi connectivity index (χ3n) is 7.18. The molecule has 37 heavy (non-hydrogen) atoms. The highest BCUT2D eigenvalue weighted by atomic mass is 16.2. The molecule has 3 aromatic rings. The van der Waals surface area contributed by atoms with Gasteiger partial charge in [-0.05, 0) is 48.2 Å². The van der Waals surface area contributed by atoms with E-state index in [-0.39, 0.29) is 6.54 Å². The van der Waals surface area contributed by atoms with Gasteiger partial charge in [0.2, 0.25) is 5.91 Å². The third kappa shape index (κ3) is 5.35. The van der Waals surface area contributed by atoms with Crippen LogP contribution >= 0.6 is 0 Å². The van der Waals surface area contributed by atoms with E-state index in [4.69, 9.17) is 0 Å². The lowest BCUT2D eigenvalue weighted by atomic mass is 9.83. The van der Waals surface area contributed by atoms with Crippen molar-refractivity contribution in [1.29, 1.82) is 0 Å². The lowest BCUT2D eigenvalue weighted by molar-refractivity contribution is -0.134. The first-order valence-electron chi connectivity index (χ1n) is 12.9. The number of amides is 4. The number of benzene rings is 3. The molecular formula is C30H32N4O3. The van der Waals surface area contributed by atoms with Crippen molar-refractivity contribution in [3.63, 3.8) is 0 Å². The Bertz CT molecular complexity index is 1240. The first-order valence-corrected chi connectivity index (χ1v) is 12.9. The average Bonchev–Trinajstić information content (AvgIpc) is 3.10. The van der Waals surface area contributed by atoms with Gasteiger partial charge in [0.15, 0.2) is 5.54 Å². The van der Waals surface area contributed by atoms with Crippen LogP contribution in [0.3, 0.4) is 0 Å². The molecule has 2 N–H and O–H groups in total. The predicted molar refractivity (Wildman–Crippen MR) is 144 cm³/mol. The molecule has 190 valence electrons. The smallest absolute Gasteiger partial charge is 0.325 e. The Hall–Kier alpha value is -4.13. The molecule has 0 spiro atoms. The van der Waals surface area contributed by atoms with Crippen LogP contribution in [0.1, 0.15) is 36.8 Å². The highest BCUT2D eigenvalue weighted by Gasteiger charge is 2.52. The summed E-state index contributed by atoms with van der Waals surface area (Å²) in [6.07, 6.45) is 5.21. The molecule has 7 nitrogen and oxygen atoms in total. The number of nitrogens with one attached hydrogen (secondary N) is 2. The van der Waals surface area contributed by atoms with Gasteiger partial charge in [-0.1, -0.05) is 73.5 Å². The monoisotopic (exact) mass is 496 g/mol. The van der Waals surface area contributed by atoms with Crippen molar-refractivity contribution < 1.29 is 14.4 Å². The van der Waals surface area contributed by atoms with Gasteiger partial charge in [0.1, 0.15) is 6.54 Å². The van der Waals surface area contributed by atoms with Crippen LogP contribution in [-0.2, 0) is 21.5 Å². The molecule has 0 saturated carbocycles. The zero-order chi connectivity index (χ0) is 25.7. The number of hydrogen-bond donors (Lipinski definition) is 2. The minimum absolute atomic E-state index is 0.290. The Morgan fingerprint density at radius 1 is 0.811 bits per heavy atom. The lowest BCUT2D eigenvalue weighted by Gasteiger charge is -2.27. The maximum absolute atomic E-state index is 13.7. The van der Waals surface area contributed by atoms with Gasteiger partial charge in [-0.2, -0.15) is 0 Å². The zero-order valence-corrected chi connectivity index (χ0v) is 20.9. The van der Waals surface area contributed by atoms with Gasteiger partial charge in [0, 0.05) is 30.9 Å². The first-order chi connectivity index (χ1) is 18.0. The molecule has 2 aliphatic rings. The molecule has 0 aromatic heterocycles. The van der Waals surface area contributed by atoms with Gasteiger partial charge in [-0.25, -0.2) is 4.79 Å². The normalized spacial score (nSPS) is 19.9. The molecular weight excluding hydrogens is 464 g/mol. The first kappa shape index (κ1) is 24.6. The van der Waals surface area contributed by atoms with E-state index in [0.717, 1.165) is 29.2 Å². The second kappa shape index (κ2) is 10.9. The molecule has 2 aliphatic heterocycles. The van der Waals surface area contributed by atoms with E-state index in [1.54, 1.807) is 0 Å². The van der Waals surface area contributed by atoms with Crippen molar-refractivity contribution >= 4 is 29.2 Å². The molecule has 0 bridgehead atoms. The van der Waals surface area contributed by atoms with E-state index in [1.807, 2.05) is 84.9 Å². The Kier molecular flexibility index (Phi) is 7.21. The average molecular weight is 497 g/mol. The van der Waals surface area contributed by atoms with E-state index >= 15 is 0 Å². The number of nitrogens with zero attached hydrogens (tertiary/aromatic N) is 2. The Balaban J connectivity index is 1.29. The Morgan fingerprint density at radius 2 is 1.43 bits per heavy atom. The molecule has 5 rings (SSSR count). The molecule has 1 unspecified atom stereocenters. The highest BCUT2D eigenvalue weighted by Crippen LogP contribution is 2.33. The maximum Gasteiger partial charge on any atom is 0.325 e. The summed E-state index contributed by atoms with van der Waals surface area (Å²) in [5.74, 6) is -0.853. The van der Waals surface area contributed by atoms with Crippen LogP contribution in [0, 0.1) is 0 Å². The van der Waals surface area contributed by atoms with E-state index in [1.165, 1.54) is 25.7 Å². The van der Waals surface area contributed by atoms with Gasteiger partial charge in [0.05, 0.1) is 0 Å². The minimum Gasteiger partial charge on any atom is -0.372 e. The van der Waals surface area contributed by atoms with Crippen molar-refractivity contribution in [3.8, 4) is 0 Å². The largest absolute Gasteiger partial charge is 0.372 e. The summed E-state index contributed by atoms with van der Waals surface area (Å²) in [6.45, 7) is 1.73. The maximum atomic E-state index is 13.7. The van der Waals surface area contributed by atoms with Crippen molar-refractivity contribution in [1.82, 2.24) is 10.2 Å². The van der Waals surface area contributed by atoms with Crippen LogP contribution in [0.25, 0.3) is 0 Å². The number of anilines is 2. The molecule has 4 amide bonds. The fourth-order valence-electron chi connectivity index (χ4n) is 5.24. The summed E-state index contributed by atoms with van der Waals surface area (Å²) in [5, 5.41) is 5.74. The van der Waals surface area contributed by atoms with E-state index in [2.05, 4.69) is 15.5 Å². The topological polar surface area (TPSA) is 81.8 Å². The summed E-state index contributed by atoms with van der Waals surface area (Å²) < 4.78 is 0. The van der Waals surface area contributed by atoms with Crippen molar-refractivity contribution in [2.45, 2.75) is 37.6 Å². The van der Waals surface area contributed by atoms with Gasteiger partial charge in [-0.3, -0.25) is 14.5 Å². The van der Waals surface area contributed by atoms with E-state index < -0.39 is 23.4 Å². The number of carbonyl (C=O) groups is 3. The number of carbonyl (C=O) groups excluding carboxylic acids is 3. The molecule has 1 atom stereocenters. The van der Waals surface area contributed by atoms with Crippen molar-refractivity contribution in [3.05, 3.63) is 96.1 Å². The second-order valence-corrected chi connectivity index (χ2v) is 9.75. The summed E-state index contributed by atoms with van der Waals surface area (Å²) in [6, 6.07) is 25.9. The van der Waals surface area contributed by atoms with Crippen LogP contribution in [0.2, 0.25) is 0 Å². The van der Waals surface area contributed by atoms with Gasteiger partial charge >= 0.3 is 6.03 Å². The van der Waals surface area contributed by atoms with Crippen LogP contribution in [-0.4, -0.2) is 42.4 Å². The van der Waals surface area contributed by atoms with Crippen LogP contribution in [0.15, 0.2) is 84.9 Å². The van der Waals surface area contributed by atoms with Crippen LogP contribution in [0.4, 0.5) is 16.2 Å². The third-order valence-corrected chi connectivity index (χ3v) is 7.18. The lowest BCUT2D eigenvalue weighted by Crippen LogP contribution is -2.46.